The van der Waals surface area contributed by atoms with Gasteiger partial charge in [0.05, 0.1) is 85.5 Å². The first-order valence-electron chi connectivity index (χ1n) is 10.7. The van der Waals surface area contributed by atoms with Gasteiger partial charge in [-0.05, 0) is 6.42 Å². The van der Waals surface area contributed by atoms with Crippen LogP contribution in [0.3, 0.4) is 0 Å². The van der Waals surface area contributed by atoms with Crippen molar-refractivity contribution in [3.63, 3.8) is 0 Å². The Morgan fingerprint density at radius 3 is 1.28 bits per heavy atom. The van der Waals surface area contributed by atoms with Gasteiger partial charge < -0.3 is 44.0 Å². The number of carbonyl (C=O) groups excluding carboxylic acids is 1. The molecule has 0 radical (unpaired) electrons. The minimum absolute atomic E-state index is 0.0101. The van der Waals surface area contributed by atoms with Crippen LogP contribution in [-0.2, 0) is 42.8 Å². The van der Waals surface area contributed by atoms with E-state index >= 15 is 0 Å². The van der Waals surface area contributed by atoms with E-state index < -0.39 is 11.9 Å². The van der Waals surface area contributed by atoms with Crippen LogP contribution in [-0.4, -0.2) is 114 Å². The Balaban J connectivity index is 3.10. The van der Waals surface area contributed by atoms with Crippen LogP contribution in [0.5, 0.6) is 0 Å². The molecule has 3 N–H and O–H groups in total. The average Bonchev–Trinajstić information content (AvgIpc) is 2.75. The molecule has 0 aliphatic rings. The number of aliphatic carboxylic acids is 2. The molecule has 0 aliphatic carbocycles. The van der Waals surface area contributed by atoms with E-state index in [0.717, 1.165) is 0 Å². The first-order chi connectivity index (χ1) is 15.5. The smallest absolute Gasteiger partial charge is 0.305 e. The maximum Gasteiger partial charge on any atom is 0.305 e. The van der Waals surface area contributed by atoms with E-state index in [1.54, 1.807) is 0 Å². The van der Waals surface area contributed by atoms with Gasteiger partial charge in [-0.1, -0.05) is 0 Å². The first kappa shape index (κ1) is 30.2. The molecule has 1 amide bonds. The van der Waals surface area contributed by atoms with Gasteiger partial charge >= 0.3 is 11.9 Å². The molecule has 0 unspecified atom stereocenters. The molecule has 0 aliphatic heterocycles. The number of carboxylic acid groups (broad SMARTS) is 2. The predicted molar refractivity (Wildman–Crippen MR) is 112 cm³/mol. The number of amides is 1. The van der Waals surface area contributed by atoms with E-state index in [1.807, 2.05) is 0 Å². The number of rotatable bonds is 25. The fourth-order valence-corrected chi connectivity index (χ4v) is 2.07. The van der Waals surface area contributed by atoms with Gasteiger partial charge in [0.2, 0.25) is 5.91 Å². The summed E-state index contributed by atoms with van der Waals surface area (Å²) in [6.07, 6.45) is 0.458. The molecule has 0 saturated heterocycles. The number of hydrogen-bond acceptors (Lipinski definition) is 9. The Morgan fingerprint density at radius 1 is 0.500 bits per heavy atom. The number of carbonyl (C=O) groups is 3. The molecule has 0 rings (SSSR count). The van der Waals surface area contributed by atoms with Crippen molar-refractivity contribution in [1.82, 2.24) is 5.32 Å². The second kappa shape index (κ2) is 23.8. The molecule has 188 valence electrons. The minimum Gasteiger partial charge on any atom is -0.481 e. The lowest BCUT2D eigenvalue weighted by Crippen LogP contribution is -2.25. The molecule has 12 heteroatoms. The molecule has 0 atom stereocenters. The van der Waals surface area contributed by atoms with Crippen LogP contribution >= 0.6 is 0 Å². The Morgan fingerprint density at radius 2 is 0.875 bits per heavy atom. The van der Waals surface area contributed by atoms with Crippen LogP contribution in [0.25, 0.3) is 0 Å². The molecule has 0 bridgehead atoms. The SMILES string of the molecule is O=C(O)CCOCCOCCOCCOCCOCCOCCCNC(=O)CCC(=O)O. The summed E-state index contributed by atoms with van der Waals surface area (Å²) >= 11 is 0. The van der Waals surface area contributed by atoms with Crippen LogP contribution in [0.4, 0.5) is 0 Å². The minimum atomic E-state index is -0.987. The van der Waals surface area contributed by atoms with Gasteiger partial charge in [-0.15, -0.1) is 0 Å². The van der Waals surface area contributed by atoms with E-state index in [0.29, 0.717) is 85.6 Å². The van der Waals surface area contributed by atoms with Crippen LogP contribution in [0.15, 0.2) is 0 Å². The van der Waals surface area contributed by atoms with Crippen molar-refractivity contribution in [2.24, 2.45) is 0 Å². The van der Waals surface area contributed by atoms with Crippen molar-refractivity contribution in [2.45, 2.75) is 25.7 Å². The summed E-state index contributed by atoms with van der Waals surface area (Å²) in [5.74, 6) is -2.14. The van der Waals surface area contributed by atoms with Crippen molar-refractivity contribution in [2.75, 3.05) is 85.8 Å². The van der Waals surface area contributed by atoms with Gasteiger partial charge in [-0.3, -0.25) is 14.4 Å². The molecule has 0 aromatic carbocycles. The zero-order valence-corrected chi connectivity index (χ0v) is 18.6. The molecule has 0 spiro atoms. The van der Waals surface area contributed by atoms with Gasteiger partial charge in [-0.2, -0.15) is 0 Å². The standard InChI is InChI=1S/C20H37NO11/c22-18(2-3-19(23)24)21-5-1-6-27-8-10-29-12-14-31-16-17-32-15-13-30-11-9-28-7-4-20(25)26/h1-17H2,(H,21,22)(H,23,24)(H,25,26). The second-order valence-electron chi connectivity index (χ2n) is 6.42. The maximum absolute atomic E-state index is 11.3. The normalized spacial score (nSPS) is 10.9. The Bertz CT molecular complexity index is 476. The van der Waals surface area contributed by atoms with Crippen molar-refractivity contribution in [3.8, 4) is 0 Å². The Hall–Kier alpha value is -1.83. The molecule has 0 heterocycles. The van der Waals surface area contributed by atoms with Gasteiger partial charge in [0.1, 0.15) is 0 Å². The fourth-order valence-electron chi connectivity index (χ4n) is 2.07. The first-order valence-corrected chi connectivity index (χ1v) is 10.7. The van der Waals surface area contributed by atoms with E-state index in [1.165, 1.54) is 0 Å². The highest BCUT2D eigenvalue weighted by Crippen LogP contribution is 1.90. The highest BCUT2D eigenvalue weighted by atomic mass is 16.6. The van der Waals surface area contributed by atoms with Crippen molar-refractivity contribution in [1.29, 1.82) is 0 Å². The van der Waals surface area contributed by atoms with Gasteiger partial charge in [0.15, 0.2) is 0 Å². The highest BCUT2D eigenvalue weighted by molar-refractivity contribution is 5.80. The Kier molecular flexibility index (Phi) is 22.5. The molecule has 0 saturated carbocycles. The number of ether oxygens (including phenoxy) is 6. The summed E-state index contributed by atoms with van der Waals surface area (Å²) in [5, 5.41) is 19.5. The molecule has 0 aromatic heterocycles. The van der Waals surface area contributed by atoms with Crippen molar-refractivity contribution >= 4 is 17.8 Å². The van der Waals surface area contributed by atoms with E-state index in [4.69, 9.17) is 38.6 Å². The zero-order chi connectivity index (χ0) is 23.7. The molecular weight excluding hydrogens is 430 g/mol. The van der Waals surface area contributed by atoms with Crippen LogP contribution in [0.2, 0.25) is 0 Å². The highest BCUT2D eigenvalue weighted by Gasteiger charge is 2.04. The van der Waals surface area contributed by atoms with Crippen molar-refractivity contribution < 1.29 is 53.0 Å². The molecule has 32 heavy (non-hydrogen) atoms. The zero-order valence-electron chi connectivity index (χ0n) is 18.6. The second-order valence-corrected chi connectivity index (χ2v) is 6.42. The predicted octanol–water partition coefficient (Wildman–Crippen LogP) is -0.0682. The van der Waals surface area contributed by atoms with Crippen LogP contribution in [0, 0.1) is 0 Å². The molecular formula is C20H37NO11. The summed E-state index contributed by atoms with van der Waals surface area (Å²) < 4.78 is 31.8. The lowest BCUT2D eigenvalue weighted by atomic mass is 10.3. The fraction of sp³-hybridized carbons (Fsp3) is 0.850. The topological polar surface area (TPSA) is 159 Å². The van der Waals surface area contributed by atoms with Gasteiger partial charge in [0, 0.05) is 19.6 Å². The maximum atomic E-state index is 11.3. The monoisotopic (exact) mass is 467 g/mol. The van der Waals surface area contributed by atoms with Crippen molar-refractivity contribution in [3.05, 3.63) is 0 Å². The quantitative estimate of drug-likeness (QED) is 0.154. The average molecular weight is 468 g/mol. The summed E-state index contributed by atoms with van der Waals surface area (Å²) in [6, 6.07) is 0. The number of carboxylic acids is 2. The summed E-state index contributed by atoms with van der Waals surface area (Å²) in [6.45, 7) is 5.45. The van der Waals surface area contributed by atoms with Crippen LogP contribution in [0.1, 0.15) is 25.7 Å². The van der Waals surface area contributed by atoms with Gasteiger partial charge in [-0.25, -0.2) is 0 Å². The van der Waals surface area contributed by atoms with Gasteiger partial charge in [0.25, 0.3) is 0 Å². The molecule has 12 nitrogen and oxygen atoms in total. The van der Waals surface area contributed by atoms with E-state index in [-0.39, 0.29) is 31.8 Å². The summed E-state index contributed by atoms with van der Waals surface area (Å²) in [4.78, 5) is 31.9. The third kappa shape index (κ3) is 26.2. The number of hydrogen-bond donors (Lipinski definition) is 3. The largest absolute Gasteiger partial charge is 0.481 e. The Labute approximate surface area is 188 Å². The molecule has 0 fully saturated rings. The summed E-state index contributed by atoms with van der Waals surface area (Å²) in [7, 11) is 0. The lowest BCUT2D eigenvalue weighted by Gasteiger charge is -2.08. The third-order valence-corrected chi connectivity index (χ3v) is 3.67. The lowest BCUT2D eigenvalue weighted by molar-refractivity contribution is -0.139. The van der Waals surface area contributed by atoms with E-state index in [2.05, 4.69) is 5.32 Å². The van der Waals surface area contributed by atoms with E-state index in [9.17, 15) is 14.4 Å². The summed E-state index contributed by atoms with van der Waals surface area (Å²) in [5.41, 5.74) is 0. The molecule has 0 aromatic rings. The third-order valence-electron chi connectivity index (χ3n) is 3.67. The van der Waals surface area contributed by atoms with Crippen LogP contribution < -0.4 is 5.32 Å². The number of nitrogens with one attached hydrogen (secondary N) is 1.